The highest BCUT2D eigenvalue weighted by Gasteiger charge is 2.30. The molecule has 5 rings (SSSR count). The molecule has 0 atom stereocenters. The summed E-state index contributed by atoms with van der Waals surface area (Å²) in [5, 5.41) is 12.7. The van der Waals surface area contributed by atoms with Crippen molar-refractivity contribution in [3.05, 3.63) is 84.6 Å². The van der Waals surface area contributed by atoms with E-state index in [-0.39, 0.29) is 11.4 Å². The van der Waals surface area contributed by atoms with Gasteiger partial charge < -0.3 is 15.0 Å². The van der Waals surface area contributed by atoms with Crippen molar-refractivity contribution in [2.45, 2.75) is 11.3 Å². The van der Waals surface area contributed by atoms with Gasteiger partial charge in [-0.2, -0.15) is 13.2 Å². The van der Waals surface area contributed by atoms with E-state index < -0.39 is 17.6 Å². The predicted molar refractivity (Wildman–Crippen MR) is 136 cm³/mol. The van der Waals surface area contributed by atoms with Crippen LogP contribution in [0.1, 0.15) is 5.56 Å². The van der Waals surface area contributed by atoms with Gasteiger partial charge in [-0.25, -0.2) is 0 Å². The monoisotopic (exact) mass is 523 g/mol. The maximum absolute atomic E-state index is 13.0. The molecule has 37 heavy (non-hydrogen) atoms. The largest absolute Gasteiger partial charge is 0.497 e. The van der Waals surface area contributed by atoms with E-state index >= 15 is 0 Å². The molecule has 5 aromatic rings. The molecule has 3 aromatic carbocycles. The molecule has 2 aromatic heterocycles. The van der Waals surface area contributed by atoms with Crippen molar-refractivity contribution in [1.29, 1.82) is 0 Å². The number of rotatable bonds is 7. The van der Waals surface area contributed by atoms with E-state index in [9.17, 15) is 18.0 Å². The van der Waals surface area contributed by atoms with Crippen LogP contribution in [0.25, 0.3) is 28.0 Å². The number of H-pyrrole nitrogens is 1. The van der Waals surface area contributed by atoms with Crippen LogP contribution in [0.15, 0.2) is 84.1 Å². The van der Waals surface area contributed by atoms with Gasteiger partial charge in [-0.05, 0) is 36.4 Å². The third-order valence-corrected chi connectivity index (χ3v) is 6.51. The van der Waals surface area contributed by atoms with Crippen molar-refractivity contribution >= 4 is 34.3 Å². The number of nitrogens with zero attached hydrogens (tertiary/aromatic N) is 3. The van der Waals surface area contributed by atoms with E-state index in [1.807, 2.05) is 59.3 Å². The number of fused-ring (bicyclic) bond motifs is 1. The van der Waals surface area contributed by atoms with Gasteiger partial charge in [0.1, 0.15) is 5.75 Å². The summed E-state index contributed by atoms with van der Waals surface area (Å²) >= 11 is 1.12. The first-order valence-electron chi connectivity index (χ1n) is 11.1. The number of benzene rings is 3. The number of carbonyl (C=O) groups is 1. The van der Waals surface area contributed by atoms with E-state index in [1.54, 1.807) is 7.11 Å². The number of aromatic amines is 1. The third kappa shape index (κ3) is 5.17. The third-order valence-electron chi connectivity index (χ3n) is 5.58. The number of carbonyl (C=O) groups excluding carboxylic acids is 1. The molecule has 2 N–H and O–H groups in total. The van der Waals surface area contributed by atoms with Crippen LogP contribution in [-0.2, 0) is 11.0 Å². The maximum Gasteiger partial charge on any atom is 0.416 e. The van der Waals surface area contributed by atoms with Gasteiger partial charge in [0.15, 0.2) is 11.0 Å². The first-order valence-corrected chi connectivity index (χ1v) is 12.1. The number of hydrogen-bond donors (Lipinski definition) is 2. The molecular weight excluding hydrogens is 503 g/mol. The fourth-order valence-corrected chi connectivity index (χ4v) is 4.63. The van der Waals surface area contributed by atoms with Gasteiger partial charge in [-0.15, -0.1) is 10.2 Å². The minimum atomic E-state index is -4.50. The van der Waals surface area contributed by atoms with Crippen LogP contribution in [0.3, 0.4) is 0 Å². The molecule has 0 aliphatic heterocycles. The number of ether oxygens (including phenoxy) is 1. The van der Waals surface area contributed by atoms with Crippen LogP contribution in [0.5, 0.6) is 5.75 Å². The van der Waals surface area contributed by atoms with Crippen LogP contribution in [0.2, 0.25) is 0 Å². The van der Waals surface area contributed by atoms with Crippen LogP contribution in [-0.4, -0.2) is 38.5 Å². The van der Waals surface area contributed by atoms with E-state index in [1.165, 1.54) is 12.1 Å². The lowest BCUT2D eigenvalue weighted by molar-refractivity contribution is -0.137. The van der Waals surface area contributed by atoms with Gasteiger partial charge in [-0.1, -0.05) is 42.1 Å². The van der Waals surface area contributed by atoms with E-state index in [0.717, 1.165) is 46.0 Å². The fraction of sp³-hybridized carbons (Fsp3) is 0.115. The lowest BCUT2D eigenvalue weighted by Gasteiger charge is -2.12. The van der Waals surface area contributed by atoms with Crippen LogP contribution >= 0.6 is 11.8 Å². The van der Waals surface area contributed by atoms with E-state index in [0.29, 0.717) is 16.7 Å². The number of aromatic nitrogens is 4. The summed E-state index contributed by atoms with van der Waals surface area (Å²) in [5.41, 5.74) is 1.72. The van der Waals surface area contributed by atoms with Gasteiger partial charge in [0, 0.05) is 34.4 Å². The number of thioether (sulfide) groups is 1. The number of hydrogen-bond acceptors (Lipinski definition) is 5. The second-order valence-electron chi connectivity index (χ2n) is 8.01. The van der Waals surface area contributed by atoms with Crippen molar-refractivity contribution in [3.8, 4) is 22.8 Å². The van der Waals surface area contributed by atoms with Crippen LogP contribution in [0.4, 0.5) is 18.9 Å². The first kappa shape index (κ1) is 24.4. The lowest BCUT2D eigenvalue weighted by atomic mass is 10.1. The Morgan fingerprint density at radius 1 is 1.05 bits per heavy atom. The van der Waals surface area contributed by atoms with E-state index in [4.69, 9.17) is 4.74 Å². The number of alkyl halides is 3. The average Bonchev–Trinajstić information content (AvgIpc) is 3.51. The van der Waals surface area contributed by atoms with Gasteiger partial charge in [0.25, 0.3) is 0 Å². The van der Waals surface area contributed by atoms with Crippen molar-refractivity contribution in [2.75, 3.05) is 18.2 Å². The number of anilines is 1. The molecule has 7 nitrogen and oxygen atoms in total. The zero-order chi connectivity index (χ0) is 26.0. The molecule has 0 aliphatic rings. The number of nitrogens with one attached hydrogen (secondary N) is 2. The molecular formula is C26H20F3N5O2S. The van der Waals surface area contributed by atoms with Gasteiger partial charge >= 0.3 is 6.18 Å². The molecule has 0 bridgehead atoms. The van der Waals surface area contributed by atoms with E-state index in [2.05, 4.69) is 20.5 Å². The molecule has 0 radical (unpaired) electrons. The fourth-order valence-electron chi connectivity index (χ4n) is 3.88. The molecule has 0 aliphatic carbocycles. The minimum Gasteiger partial charge on any atom is -0.497 e. The van der Waals surface area contributed by atoms with Gasteiger partial charge in [-0.3, -0.25) is 9.36 Å². The molecule has 0 spiro atoms. The Balaban J connectivity index is 1.45. The van der Waals surface area contributed by atoms with Crippen LogP contribution in [0, 0.1) is 0 Å². The summed E-state index contributed by atoms with van der Waals surface area (Å²) in [6.07, 6.45) is -2.65. The average molecular weight is 524 g/mol. The minimum absolute atomic E-state index is 0.0640. The molecule has 1 amide bonds. The Kier molecular flexibility index (Phi) is 6.62. The first-order chi connectivity index (χ1) is 17.8. The van der Waals surface area contributed by atoms with Gasteiger partial charge in [0.05, 0.1) is 24.1 Å². The smallest absolute Gasteiger partial charge is 0.416 e. The second-order valence-corrected chi connectivity index (χ2v) is 8.95. The Bertz CT molecular complexity index is 1580. The van der Waals surface area contributed by atoms with Gasteiger partial charge in [0.2, 0.25) is 5.91 Å². The van der Waals surface area contributed by atoms with Crippen LogP contribution < -0.4 is 10.1 Å². The lowest BCUT2D eigenvalue weighted by Crippen LogP contribution is -2.15. The molecule has 188 valence electrons. The molecule has 0 saturated carbocycles. The van der Waals surface area contributed by atoms with Crippen molar-refractivity contribution in [2.24, 2.45) is 0 Å². The zero-order valence-corrected chi connectivity index (χ0v) is 20.2. The van der Waals surface area contributed by atoms with Crippen molar-refractivity contribution < 1.29 is 22.7 Å². The SMILES string of the molecule is COc1cccc(-n2c(SCC(=O)Nc3cccc(C(F)(F)F)c3)nnc2-c2c[nH]c3ccccc23)c1. The molecule has 2 heterocycles. The number of amides is 1. The summed E-state index contributed by atoms with van der Waals surface area (Å²) in [6, 6.07) is 19.6. The molecule has 0 saturated heterocycles. The zero-order valence-electron chi connectivity index (χ0n) is 19.4. The molecule has 11 heteroatoms. The Labute approximate surface area is 213 Å². The molecule has 0 unspecified atom stereocenters. The van der Waals surface area contributed by atoms with Crippen molar-refractivity contribution in [1.82, 2.24) is 19.7 Å². The Morgan fingerprint density at radius 3 is 2.68 bits per heavy atom. The maximum atomic E-state index is 13.0. The molecule has 0 fully saturated rings. The highest BCUT2D eigenvalue weighted by atomic mass is 32.2. The number of para-hydroxylation sites is 1. The quantitative estimate of drug-likeness (QED) is 0.249. The number of methoxy groups -OCH3 is 1. The second kappa shape index (κ2) is 10.0. The summed E-state index contributed by atoms with van der Waals surface area (Å²) in [7, 11) is 1.57. The highest BCUT2D eigenvalue weighted by molar-refractivity contribution is 7.99. The summed E-state index contributed by atoms with van der Waals surface area (Å²) in [5.74, 6) is 0.630. The Hall–Kier alpha value is -4.25. The normalized spacial score (nSPS) is 11.6. The summed E-state index contributed by atoms with van der Waals surface area (Å²) in [6.45, 7) is 0. The highest BCUT2D eigenvalue weighted by Crippen LogP contribution is 2.34. The summed E-state index contributed by atoms with van der Waals surface area (Å²) < 4.78 is 46.2. The predicted octanol–water partition coefficient (Wildman–Crippen LogP) is 6.17. The Morgan fingerprint density at radius 2 is 1.86 bits per heavy atom. The standard InChI is InChI=1S/C26H20F3N5O2S/c1-36-19-9-5-8-18(13-19)34-24(21-14-30-22-11-3-2-10-20(21)22)32-33-25(34)37-15-23(35)31-17-7-4-6-16(12-17)26(27,28)29/h2-14,30H,15H2,1H3,(H,31,35). The number of halogens is 3. The van der Waals surface area contributed by atoms with Crippen molar-refractivity contribution in [3.63, 3.8) is 0 Å². The topological polar surface area (TPSA) is 84.8 Å². The summed E-state index contributed by atoms with van der Waals surface area (Å²) in [4.78, 5) is 15.8.